The number of nitrogens with zero attached hydrogens (tertiary/aromatic N) is 2. The van der Waals surface area contributed by atoms with Gasteiger partial charge in [-0.1, -0.05) is 11.6 Å². The van der Waals surface area contributed by atoms with Crippen LogP contribution in [-0.4, -0.2) is 60.0 Å². The molecule has 2 heterocycles. The first-order valence-electron chi connectivity index (χ1n) is 10.7. The lowest BCUT2D eigenvalue weighted by Crippen LogP contribution is -2.43. The number of halogens is 1. The molecule has 31 heavy (non-hydrogen) atoms. The van der Waals surface area contributed by atoms with Gasteiger partial charge in [-0.05, 0) is 64.3 Å². The summed E-state index contributed by atoms with van der Waals surface area (Å²) in [4.78, 5) is 18.5. The third kappa shape index (κ3) is 6.45. The molecule has 0 radical (unpaired) electrons. The van der Waals surface area contributed by atoms with Crippen molar-refractivity contribution in [2.75, 3.05) is 33.3 Å². The van der Waals surface area contributed by atoms with Crippen LogP contribution in [0.15, 0.2) is 24.4 Å². The average molecular weight is 450 g/mol. The molecule has 3 rings (SSSR count). The number of β-amino-alcohol motifs (C(OH)–C–C–N with tert-alkyl or cyclic N) is 1. The first kappa shape index (κ1) is 23.6. The van der Waals surface area contributed by atoms with Crippen LogP contribution in [0.4, 0.5) is 4.79 Å². The molecule has 8 heteroatoms. The molecule has 1 saturated heterocycles. The van der Waals surface area contributed by atoms with Crippen molar-refractivity contribution in [3.05, 3.63) is 35.0 Å². The molecule has 0 bridgehead atoms. The van der Waals surface area contributed by atoms with Crippen LogP contribution < -0.4 is 10.1 Å². The minimum absolute atomic E-state index is 0.304. The Kier molecular flexibility index (Phi) is 7.62. The number of amides is 1. The molecule has 1 aromatic heterocycles. The molecule has 0 aliphatic carbocycles. The summed E-state index contributed by atoms with van der Waals surface area (Å²) in [6.45, 7) is 8.23. The fourth-order valence-electron chi connectivity index (χ4n) is 3.99. The lowest BCUT2D eigenvalue weighted by Gasteiger charge is -2.34. The quantitative estimate of drug-likeness (QED) is 0.688. The van der Waals surface area contributed by atoms with Crippen LogP contribution in [-0.2, 0) is 4.74 Å². The fraction of sp³-hybridized carbons (Fsp3) is 0.565. The lowest BCUT2D eigenvalue weighted by atomic mass is 9.96. The molecule has 0 saturated carbocycles. The third-order valence-corrected chi connectivity index (χ3v) is 5.67. The second kappa shape index (κ2) is 10.0. The monoisotopic (exact) mass is 449 g/mol. The van der Waals surface area contributed by atoms with Crippen molar-refractivity contribution >= 4 is 28.6 Å². The van der Waals surface area contributed by atoms with Gasteiger partial charge in [0.15, 0.2) is 0 Å². The molecule has 7 nitrogen and oxygen atoms in total. The first-order chi connectivity index (χ1) is 14.7. The fourth-order valence-corrected chi connectivity index (χ4v) is 4.27. The van der Waals surface area contributed by atoms with E-state index in [-0.39, 0.29) is 0 Å². The number of aromatic nitrogens is 1. The topological polar surface area (TPSA) is 83.9 Å². The summed E-state index contributed by atoms with van der Waals surface area (Å²) < 4.78 is 10.6. The predicted molar refractivity (Wildman–Crippen MR) is 122 cm³/mol. The first-order valence-corrected chi connectivity index (χ1v) is 11.0. The number of carbonyl (C=O) groups excluding carboxylic acids is 1. The van der Waals surface area contributed by atoms with E-state index in [1.54, 1.807) is 13.3 Å². The number of benzene rings is 1. The summed E-state index contributed by atoms with van der Waals surface area (Å²) in [5.74, 6) is 0.995. The Hall–Kier alpha value is -2.09. The molecule has 1 aromatic carbocycles. The number of aliphatic hydroxyl groups excluding tert-OH is 1. The van der Waals surface area contributed by atoms with Crippen LogP contribution in [0.25, 0.3) is 10.9 Å². The van der Waals surface area contributed by atoms with E-state index in [0.717, 1.165) is 36.8 Å². The number of pyridine rings is 1. The number of nitrogens with one attached hydrogen (secondary N) is 1. The lowest BCUT2D eigenvalue weighted by molar-refractivity contribution is 0.0491. The Labute approximate surface area is 188 Å². The summed E-state index contributed by atoms with van der Waals surface area (Å²) in [5.41, 5.74) is 0.916. The van der Waals surface area contributed by atoms with Crippen LogP contribution in [0.1, 0.15) is 45.3 Å². The van der Waals surface area contributed by atoms with Gasteiger partial charge >= 0.3 is 6.09 Å². The minimum Gasteiger partial charge on any atom is -0.497 e. The van der Waals surface area contributed by atoms with E-state index in [0.29, 0.717) is 35.3 Å². The molecule has 0 spiro atoms. The van der Waals surface area contributed by atoms with Gasteiger partial charge in [0.1, 0.15) is 11.4 Å². The number of carbonyl (C=O) groups is 1. The Bertz CT molecular complexity index is 916. The number of methoxy groups -OCH3 is 1. The number of hydrogen-bond donors (Lipinski definition) is 2. The highest BCUT2D eigenvalue weighted by Gasteiger charge is 2.25. The van der Waals surface area contributed by atoms with Crippen molar-refractivity contribution in [1.29, 1.82) is 0 Å². The maximum absolute atomic E-state index is 11.9. The Morgan fingerprint density at radius 3 is 2.90 bits per heavy atom. The molecule has 1 aliphatic rings. The van der Waals surface area contributed by atoms with E-state index in [2.05, 4.69) is 15.2 Å². The number of alkyl carbamates (subject to hydrolysis) is 1. The van der Waals surface area contributed by atoms with Crippen molar-refractivity contribution in [2.24, 2.45) is 5.92 Å². The number of ether oxygens (including phenoxy) is 2. The smallest absolute Gasteiger partial charge is 0.407 e. The number of piperidine rings is 1. The maximum atomic E-state index is 11.9. The maximum Gasteiger partial charge on any atom is 0.407 e. The van der Waals surface area contributed by atoms with Gasteiger partial charge in [-0.15, -0.1) is 0 Å². The van der Waals surface area contributed by atoms with Crippen molar-refractivity contribution in [3.63, 3.8) is 0 Å². The number of hydrogen-bond acceptors (Lipinski definition) is 6. The van der Waals surface area contributed by atoms with Gasteiger partial charge in [0, 0.05) is 36.8 Å². The number of rotatable bonds is 6. The van der Waals surface area contributed by atoms with Gasteiger partial charge in [-0.3, -0.25) is 4.98 Å². The summed E-state index contributed by atoms with van der Waals surface area (Å²) in [6, 6.07) is 5.56. The van der Waals surface area contributed by atoms with E-state index >= 15 is 0 Å². The zero-order valence-corrected chi connectivity index (χ0v) is 19.4. The predicted octanol–water partition coefficient (Wildman–Crippen LogP) is 4.17. The van der Waals surface area contributed by atoms with E-state index in [1.807, 2.05) is 39.0 Å². The van der Waals surface area contributed by atoms with Crippen molar-refractivity contribution in [3.8, 4) is 5.75 Å². The van der Waals surface area contributed by atoms with Gasteiger partial charge < -0.3 is 24.8 Å². The largest absolute Gasteiger partial charge is 0.497 e. The molecule has 2 unspecified atom stereocenters. The van der Waals surface area contributed by atoms with Crippen LogP contribution in [0, 0.1) is 5.92 Å². The molecule has 2 atom stereocenters. The molecule has 1 fully saturated rings. The van der Waals surface area contributed by atoms with Gasteiger partial charge in [0.2, 0.25) is 0 Å². The molecular weight excluding hydrogens is 418 g/mol. The molecule has 1 amide bonds. The van der Waals surface area contributed by atoms with E-state index in [4.69, 9.17) is 21.1 Å². The average Bonchev–Trinajstić information content (AvgIpc) is 2.70. The van der Waals surface area contributed by atoms with Gasteiger partial charge in [0.05, 0.1) is 23.8 Å². The normalized spacial score (nSPS) is 18.6. The third-order valence-electron chi connectivity index (χ3n) is 5.37. The number of likely N-dealkylation sites (tertiary alicyclic amines) is 1. The highest BCUT2D eigenvalue weighted by molar-refractivity contribution is 6.32. The molecule has 170 valence electrons. The zero-order valence-electron chi connectivity index (χ0n) is 18.7. The van der Waals surface area contributed by atoms with Crippen LogP contribution in [0.2, 0.25) is 5.02 Å². The second-order valence-electron chi connectivity index (χ2n) is 9.07. The van der Waals surface area contributed by atoms with Gasteiger partial charge in [-0.2, -0.15) is 0 Å². The van der Waals surface area contributed by atoms with E-state index in [1.165, 1.54) is 0 Å². The van der Waals surface area contributed by atoms with E-state index in [9.17, 15) is 9.90 Å². The minimum atomic E-state index is -0.761. The molecule has 2 aromatic rings. The van der Waals surface area contributed by atoms with Gasteiger partial charge in [0.25, 0.3) is 0 Å². The summed E-state index contributed by atoms with van der Waals surface area (Å²) in [5, 5.41) is 15.2. The van der Waals surface area contributed by atoms with Crippen LogP contribution >= 0.6 is 11.6 Å². The van der Waals surface area contributed by atoms with E-state index < -0.39 is 17.8 Å². The molecule has 2 N–H and O–H groups in total. The highest BCUT2D eigenvalue weighted by Crippen LogP contribution is 2.33. The number of aliphatic hydroxyl groups is 1. The summed E-state index contributed by atoms with van der Waals surface area (Å²) in [6.07, 6.45) is 2.46. The van der Waals surface area contributed by atoms with Gasteiger partial charge in [-0.25, -0.2) is 4.79 Å². The second-order valence-corrected chi connectivity index (χ2v) is 9.48. The van der Waals surface area contributed by atoms with Crippen molar-refractivity contribution < 1.29 is 19.4 Å². The summed E-state index contributed by atoms with van der Waals surface area (Å²) >= 11 is 6.43. The van der Waals surface area contributed by atoms with Crippen molar-refractivity contribution in [1.82, 2.24) is 15.2 Å². The highest BCUT2D eigenvalue weighted by atomic mass is 35.5. The Morgan fingerprint density at radius 1 is 1.42 bits per heavy atom. The Balaban J connectivity index is 1.64. The van der Waals surface area contributed by atoms with Crippen LogP contribution in [0.3, 0.4) is 0 Å². The number of fused-ring (bicyclic) bond motifs is 1. The van der Waals surface area contributed by atoms with Crippen molar-refractivity contribution in [2.45, 2.75) is 45.3 Å². The van der Waals surface area contributed by atoms with Crippen LogP contribution in [0.5, 0.6) is 5.75 Å². The zero-order chi connectivity index (χ0) is 22.6. The Morgan fingerprint density at radius 2 is 2.19 bits per heavy atom. The summed E-state index contributed by atoms with van der Waals surface area (Å²) in [7, 11) is 1.61. The molecular formula is C23H32ClN3O4. The standard InChI is InChI=1S/C23H32ClN3O4/c1-23(2,3)31-22(29)26-11-15-6-5-9-27(13-15)14-20(28)21-17-10-16(30-4)7-8-19(17)25-12-18(21)24/h7-8,10,12,15,20,28H,5-6,9,11,13-14H2,1-4H3,(H,26,29). The molecule has 1 aliphatic heterocycles. The SMILES string of the molecule is COc1ccc2ncc(Cl)c(C(O)CN3CCCC(CNC(=O)OC(C)(C)C)C3)c2c1.